The molecule has 0 aliphatic heterocycles. The van der Waals surface area contributed by atoms with Gasteiger partial charge in [0.1, 0.15) is 5.69 Å². The molecule has 0 amide bonds. The summed E-state index contributed by atoms with van der Waals surface area (Å²) in [6.07, 6.45) is 2.36. The Bertz CT molecular complexity index is 591. The minimum absolute atomic E-state index is 0.0249. The predicted molar refractivity (Wildman–Crippen MR) is 57.2 cm³/mol. The van der Waals surface area contributed by atoms with Crippen LogP contribution in [-0.2, 0) is 0 Å². The van der Waals surface area contributed by atoms with Gasteiger partial charge in [-0.05, 0) is 6.07 Å². The molecule has 0 atom stereocenters. The van der Waals surface area contributed by atoms with E-state index in [1.165, 1.54) is 29.1 Å². The first-order chi connectivity index (χ1) is 8.09. The van der Waals surface area contributed by atoms with Gasteiger partial charge < -0.3 is 5.11 Å². The molecule has 0 saturated carbocycles. The zero-order valence-electron chi connectivity index (χ0n) is 8.48. The van der Waals surface area contributed by atoms with Crippen LogP contribution in [0.25, 0.3) is 5.69 Å². The van der Waals surface area contributed by atoms with Gasteiger partial charge in [-0.25, -0.2) is 9.48 Å². The van der Waals surface area contributed by atoms with Gasteiger partial charge in [0.05, 0.1) is 16.7 Å². The molecule has 7 nitrogen and oxygen atoms in total. The molecule has 1 heterocycles. The first kappa shape index (κ1) is 10.8. The van der Waals surface area contributed by atoms with Crippen molar-refractivity contribution in [1.82, 2.24) is 9.78 Å². The summed E-state index contributed by atoms with van der Waals surface area (Å²) in [7, 11) is 0. The highest BCUT2D eigenvalue weighted by Crippen LogP contribution is 2.21. The summed E-state index contributed by atoms with van der Waals surface area (Å²) in [5, 5.41) is 23.3. The number of carbonyl (C=O) groups is 1. The Morgan fingerprint density at radius 1 is 1.41 bits per heavy atom. The highest BCUT2D eigenvalue weighted by Gasteiger charge is 2.16. The third kappa shape index (κ3) is 1.98. The van der Waals surface area contributed by atoms with Crippen LogP contribution in [0.5, 0.6) is 0 Å². The van der Waals surface area contributed by atoms with E-state index in [9.17, 15) is 14.9 Å². The van der Waals surface area contributed by atoms with Crippen LogP contribution in [0.15, 0.2) is 36.7 Å². The molecule has 0 spiro atoms. The summed E-state index contributed by atoms with van der Waals surface area (Å²) in [5.41, 5.74) is 0.0701. The maximum atomic E-state index is 10.8. The number of nitro groups is 1. The lowest BCUT2D eigenvalue weighted by molar-refractivity contribution is -0.384. The summed E-state index contributed by atoms with van der Waals surface area (Å²) in [5.74, 6) is -1.13. The van der Waals surface area contributed by atoms with Crippen molar-refractivity contribution >= 4 is 11.7 Å². The van der Waals surface area contributed by atoms with Crippen molar-refractivity contribution in [3.63, 3.8) is 0 Å². The summed E-state index contributed by atoms with van der Waals surface area (Å²) in [4.78, 5) is 20.9. The van der Waals surface area contributed by atoms with Crippen molar-refractivity contribution < 1.29 is 14.8 Å². The molecular formula is C10H7N3O4. The number of carboxylic acids is 1. The zero-order valence-corrected chi connectivity index (χ0v) is 8.48. The molecule has 0 fully saturated rings. The Morgan fingerprint density at radius 3 is 2.71 bits per heavy atom. The third-order valence-electron chi connectivity index (χ3n) is 2.15. The second kappa shape index (κ2) is 4.05. The standard InChI is InChI=1S/C10H7N3O4/c14-10(15)7-5-11-12(6-7)8-3-1-2-4-9(8)13(16)17/h1-6H,(H,14,15). The Kier molecular flexibility index (Phi) is 2.57. The number of hydrogen-bond acceptors (Lipinski definition) is 4. The van der Waals surface area contributed by atoms with Crippen molar-refractivity contribution in [3.05, 3.63) is 52.3 Å². The van der Waals surface area contributed by atoms with Gasteiger partial charge in [-0.1, -0.05) is 12.1 Å². The van der Waals surface area contributed by atoms with Gasteiger partial charge in [-0.2, -0.15) is 5.10 Å². The van der Waals surface area contributed by atoms with E-state index in [0.717, 1.165) is 6.20 Å². The third-order valence-corrected chi connectivity index (χ3v) is 2.15. The van der Waals surface area contributed by atoms with E-state index in [1.54, 1.807) is 6.07 Å². The second-order valence-electron chi connectivity index (χ2n) is 3.22. The smallest absolute Gasteiger partial charge is 0.338 e. The minimum Gasteiger partial charge on any atom is -0.478 e. The van der Waals surface area contributed by atoms with E-state index in [0.29, 0.717) is 0 Å². The summed E-state index contributed by atoms with van der Waals surface area (Å²) in [6, 6.07) is 5.97. The van der Waals surface area contributed by atoms with Gasteiger partial charge in [0, 0.05) is 12.3 Å². The average Bonchev–Trinajstić information content (AvgIpc) is 2.78. The molecule has 1 aromatic heterocycles. The molecule has 86 valence electrons. The van der Waals surface area contributed by atoms with Gasteiger partial charge in [0.15, 0.2) is 0 Å². The SMILES string of the molecule is O=C(O)c1cnn(-c2ccccc2[N+](=O)[O-])c1. The predicted octanol–water partition coefficient (Wildman–Crippen LogP) is 1.48. The number of aromatic carboxylic acids is 1. The van der Waals surface area contributed by atoms with E-state index < -0.39 is 10.9 Å². The van der Waals surface area contributed by atoms with Crippen LogP contribution < -0.4 is 0 Å². The highest BCUT2D eigenvalue weighted by atomic mass is 16.6. The molecule has 1 N–H and O–H groups in total. The monoisotopic (exact) mass is 233 g/mol. The van der Waals surface area contributed by atoms with Crippen LogP contribution in [0.1, 0.15) is 10.4 Å². The van der Waals surface area contributed by atoms with Gasteiger partial charge in [-0.15, -0.1) is 0 Å². The van der Waals surface area contributed by atoms with Crippen molar-refractivity contribution in [3.8, 4) is 5.69 Å². The van der Waals surface area contributed by atoms with E-state index in [4.69, 9.17) is 5.11 Å². The van der Waals surface area contributed by atoms with Crippen LogP contribution in [0.4, 0.5) is 5.69 Å². The first-order valence-electron chi connectivity index (χ1n) is 4.61. The van der Waals surface area contributed by atoms with Crippen LogP contribution in [0, 0.1) is 10.1 Å². The number of rotatable bonds is 3. The normalized spacial score (nSPS) is 10.1. The molecule has 0 bridgehead atoms. The Morgan fingerprint density at radius 2 is 2.12 bits per heavy atom. The van der Waals surface area contributed by atoms with Crippen molar-refractivity contribution in [1.29, 1.82) is 0 Å². The minimum atomic E-state index is -1.13. The molecule has 0 aliphatic carbocycles. The lowest BCUT2D eigenvalue weighted by Gasteiger charge is -2.01. The summed E-state index contributed by atoms with van der Waals surface area (Å²) >= 11 is 0. The topological polar surface area (TPSA) is 98.3 Å². The fourth-order valence-electron chi connectivity index (χ4n) is 1.38. The molecule has 0 aliphatic rings. The lowest BCUT2D eigenvalue weighted by atomic mass is 10.2. The Hall–Kier alpha value is -2.70. The molecule has 2 aromatic rings. The first-order valence-corrected chi connectivity index (χ1v) is 4.61. The number of nitro benzene ring substituents is 1. The van der Waals surface area contributed by atoms with Crippen molar-refractivity contribution in [2.24, 2.45) is 0 Å². The molecule has 0 saturated heterocycles. The summed E-state index contributed by atoms with van der Waals surface area (Å²) < 4.78 is 1.17. The fraction of sp³-hybridized carbons (Fsp3) is 0. The Balaban J connectivity index is 2.52. The van der Waals surface area contributed by atoms with Crippen LogP contribution >= 0.6 is 0 Å². The number of aromatic nitrogens is 2. The Labute approximate surface area is 95.1 Å². The number of benzene rings is 1. The van der Waals surface area contributed by atoms with Gasteiger partial charge in [-0.3, -0.25) is 10.1 Å². The van der Waals surface area contributed by atoms with Crippen molar-refractivity contribution in [2.75, 3.05) is 0 Å². The largest absolute Gasteiger partial charge is 0.478 e. The maximum absolute atomic E-state index is 10.8. The molecule has 2 rings (SSSR count). The average molecular weight is 233 g/mol. The number of carboxylic acid groups (broad SMARTS) is 1. The van der Waals surface area contributed by atoms with Gasteiger partial charge in [0.2, 0.25) is 0 Å². The summed E-state index contributed by atoms with van der Waals surface area (Å²) in [6.45, 7) is 0. The van der Waals surface area contributed by atoms with Crippen molar-refractivity contribution in [2.45, 2.75) is 0 Å². The van der Waals surface area contributed by atoms with Gasteiger partial charge >= 0.3 is 5.97 Å². The molecule has 0 unspecified atom stereocenters. The number of hydrogen-bond donors (Lipinski definition) is 1. The molecule has 7 heteroatoms. The van der Waals surface area contributed by atoms with Gasteiger partial charge in [0.25, 0.3) is 5.69 Å². The zero-order chi connectivity index (χ0) is 12.4. The van der Waals surface area contributed by atoms with Crippen LogP contribution in [0.2, 0.25) is 0 Å². The quantitative estimate of drug-likeness (QED) is 0.639. The molecule has 0 radical (unpaired) electrons. The number of nitrogens with zero attached hydrogens (tertiary/aromatic N) is 3. The molecule has 1 aromatic carbocycles. The second-order valence-corrected chi connectivity index (χ2v) is 3.22. The molecular weight excluding hydrogens is 226 g/mol. The van der Waals surface area contributed by atoms with E-state index >= 15 is 0 Å². The fourth-order valence-corrected chi connectivity index (χ4v) is 1.38. The lowest BCUT2D eigenvalue weighted by Crippen LogP contribution is -2.00. The van der Waals surface area contributed by atoms with Crippen LogP contribution in [0.3, 0.4) is 0 Å². The molecule has 17 heavy (non-hydrogen) atoms. The van der Waals surface area contributed by atoms with Crippen LogP contribution in [-0.4, -0.2) is 25.8 Å². The highest BCUT2D eigenvalue weighted by molar-refractivity contribution is 5.87. The van der Waals surface area contributed by atoms with E-state index in [1.807, 2.05) is 0 Å². The maximum Gasteiger partial charge on any atom is 0.338 e. The van der Waals surface area contributed by atoms with E-state index in [2.05, 4.69) is 5.10 Å². The number of para-hydroxylation sites is 2. The van der Waals surface area contributed by atoms with E-state index in [-0.39, 0.29) is 16.9 Å².